The smallest absolute Gasteiger partial charge is 0.228 e. The molecule has 4 nitrogen and oxygen atoms in total. The molecule has 0 saturated carbocycles. The van der Waals surface area contributed by atoms with E-state index in [1.54, 1.807) is 28.8 Å². The number of hydrogen-bond donors (Lipinski definition) is 0. The number of carbonyl (C=O) groups is 1. The van der Waals surface area contributed by atoms with Gasteiger partial charge in [-0.3, -0.25) is 9.69 Å². The first-order valence-electron chi connectivity index (χ1n) is 10.6. The van der Waals surface area contributed by atoms with Gasteiger partial charge in [0.2, 0.25) is 5.91 Å². The Hall–Kier alpha value is -1.81. The van der Waals surface area contributed by atoms with Gasteiger partial charge in [-0.15, -0.1) is 24.2 Å². The Labute approximate surface area is 206 Å². The second kappa shape index (κ2) is 13.2. The lowest BCUT2D eigenvalue weighted by atomic mass is 10.3. The van der Waals surface area contributed by atoms with E-state index in [1.165, 1.54) is 18.2 Å². The number of thioether (sulfide) groups is 1. The van der Waals surface area contributed by atoms with E-state index in [9.17, 15) is 18.0 Å². The first-order chi connectivity index (χ1) is 15.4. The average Bonchev–Trinajstić information content (AvgIpc) is 3.19. The normalized spacial score (nSPS) is 11.1. The number of halogens is 4. The van der Waals surface area contributed by atoms with Crippen LogP contribution in [0.2, 0.25) is 0 Å². The van der Waals surface area contributed by atoms with Crippen LogP contribution in [0.3, 0.4) is 0 Å². The van der Waals surface area contributed by atoms with Crippen LogP contribution in [0.4, 0.5) is 18.3 Å². The van der Waals surface area contributed by atoms with Gasteiger partial charge in [0.1, 0.15) is 17.2 Å². The molecule has 0 bridgehead atoms. The number of rotatable bonds is 11. The van der Waals surface area contributed by atoms with E-state index in [1.807, 2.05) is 0 Å². The van der Waals surface area contributed by atoms with Crippen LogP contribution in [0.1, 0.15) is 26.7 Å². The summed E-state index contributed by atoms with van der Waals surface area (Å²) in [5.41, 5.74) is 0.0823. The van der Waals surface area contributed by atoms with Crippen LogP contribution in [0.15, 0.2) is 41.3 Å². The molecule has 0 spiro atoms. The van der Waals surface area contributed by atoms with Crippen LogP contribution in [-0.2, 0) is 4.79 Å². The van der Waals surface area contributed by atoms with Crippen molar-refractivity contribution in [1.29, 1.82) is 0 Å². The van der Waals surface area contributed by atoms with Gasteiger partial charge in [0.25, 0.3) is 0 Å². The second-order valence-electron chi connectivity index (χ2n) is 7.21. The van der Waals surface area contributed by atoms with Crippen molar-refractivity contribution in [1.82, 2.24) is 9.88 Å². The van der Waals surface area contributed by atoms with Gasteiger partial charge in [-0.25, -0.2) is 18.2 Å². The fourth-order valence-electron chi connectivity index (χ4n) is 3.25. The van der Waals surface area contributed by atoms with Gasteiger partial charge in [-0.05, 0) is 55.6 Å². The zero-order valence-electron chi connectivity index (χ0n) is 18.5. The molecule has 0 aliphatic carbocycles. The number of aromatic nitrogens is 1. The van der Waals surface area contributed by atoms with Crippen molar-refractivity contribution < 1.29 is 18.0 Å². The number of amides is 1. The minimum absolute atomic E-state index is 0. The highest BCUT2D eigenvalue weighted by atomic mass is 35.5. The zero-order valence-corrected chi connectivity index (χ0v) is 21.0. The molecule has 0 atom stereocenters. The molecule has 0 unspecified atom stereocenters. The fraction of sp³-hybridized carbons (Fsp3) is 0.391. The standard InChI is InChI=1S/C23H26F3N3OS2.ClH/c1-3-28(4-2)11-12-29(23-27-22-19(26)14-17(25)15-20(22)32-23)21(30)6-5-13-31-18-9-7-16(24)8-10-18;/h7-10,14-15H,3-6,11-13H2,1-2H3;1H. The SMILES string of the molecule is CCN(CC)CCN(C(=O)CCCSc1ccc(F)cc1)c1nc2c(F)cc(F)cc2s1.Cl. The highest BCUT2D eigenvalue weighted by molar-refractivity contribution is 7.99. The second-order valence-corrected chi connectivity index (χ2v) is 9.39. The predicted molar refractivity (Wildman–Crippen MR) is 133 cm³/mol. The van der Waals surface area contributed by atoms with Crippen LogP contribution in [0.5, 0.6) is 0 Å². The predicted octanol–water partition coefficient (Wildman–Crippen LogP) is 6.38. The summed E-state index contributed by atoms with van der Waals surface area (Å²) < 4.78 is 41.2. The van der Waals surface area contributed by atoms with Crippen LogP contribution in [-0.4, -0.2) is 47.7 Å². The number of hydrogen-bond acceptors (Lipinski definition) is 5. The summed E-state index contributed by atoms with van der Waals surface area (Å²) in [5, 5.41) is 0.382. The van der Waals surface area contributed by atoms with Crippen molar-refractivity contribution in [3.05, 3.63) is 53.8 Å². The molecule has 0 N–H and O–H groups in total. The van der Waals surface area contributed by atoms with Gasteiger partial charge in [0, 0.05) is 30.5 Å². The zero-order chi connectivity index (χ0) is 23.1. The highest BCUT2D eigenvalue weighted by Crippen LogP contribution is 2.31. The van der Waals surface area contributed by atoms with Crippen LogP contribution in [0, 0.1) is 17.5 Å². The molecular weight excluding hydrogens is 491 g/mol. The molecule has 2 aromatic carbocycles. The van der Waals surface area contributed by atoms with Gasteiger partial charge in [0.05, 0.1) is 4.70 Å². The molecule has 33 heavy (non-hydrogen) atoms. The molecule has 3 aromatic rings. The number of thiazole rings is 1. The summed E-state index contributed by atoms with van der Waals surface area (Å²) in [6.45, 7) is 6.90. The van der Waals surface area contributed by atoms with Crippen molar-refractivity contribution in [2.75, 3.05) is 36.8 Å². The number of carbonyl (C=O) groups excluding carboxylic acids is 1. The maximum atomic E-state index is 14.1. The number of nitrogens with zero attached hydrogens (tertiary/aromatic N) is 3. The fourth-order valence-corrected chi connectivity index (χ4v) is 5.15. The minimum Gasteiger partial charge on any atom is -0.302 e. The maximum Gasteiger partial charge on any atom is 0.228 e. The van der Waals surface area contributed by atoms with Crippen molar-refractivity contribution >= 4 is 56.8 Å². The third-order valence-electron chi connectivity index (χ3n) is 5.09. The summed E-state index contributed by atoms with van der Waals surface area (Å²) in [4.78, 5) is 22.1. The topological polar surface area (TPSA) is 36.4 Å². The van der Waals surface area contributed by atoms with Gasteiger partial charge in [-0.2, -0.15) is 0 Å². The summed E-state index contributed by atoms with van der Waals surface area (Å²) >= 11 is 2.68. The molecule has 3 rings (SSSR count). The summed E-state index contributed by atoms with van der Waals surface area (Å²) in [5.74, 6) is -1.06. The minimum atomic E-state index is -0.727. The Morgan fingerprint density at radius 1 is 1.03 bits per heavy atom. The number of likely N-dealkylation sites (N-methyl/N-ethyl adjacent to an activating group) is 1. The lowest BCUT2D eigenvalue weighted by Gasteiger charge is -2.24. The Bertz CT molecular complexity index is 1050. The van der Waals surface area contributed by atoms with E-state index < -0.39 is 11.6 Å². The lowest BCUT2D eigenvalue weighted by molar-refractivity contribution is -0.118. The van der Waals surface area contributed by atoms with Crippen LogP contribution in [0.25, 0.3) is 10.2 Å². The molecular formula is C23H27ClF3N3OS2. The Morgan fingerprint density at radius 3 is 2.39 bits per heavy atom. The van der Waals surface area contributed by atoms with Gasteiger partial charge in [-0.1, -0.05) is 25.2 Å². The quantitative estimate of drug-likeness (QED) is 0.218. The Morgan fingerprint density at radius 2 is 1.73 bits per heavy atom. The van der Waals surface area contributed by atoms with E-state index in [2.05, 4.69) is 23.7 Å². The molecule has 0 saturated heterocycles. The number of fused-ring (bicyclic) bond motifs is 1. The first-order valence-corrected chi connectivity index (χ1v) is 12.4. The molecule has 180 valence electrons. The Balaban J connectivity index is 0.00000385. The summed E-state index contributed by atoms with van der Waals surface area (Å²) in [6, 6.07) is 8.31. The molecule has 0 fully saturated rings. The van der Waals surface area contributed by atoms with Gasteiger partial charge < -0.3 is 4.90 Å². The molecule has 0 aliphatic rings. The monoisotopic (exact) mass is 517 g/mol. The largest absolute Gasteiger partial charge is 0.302 e. The van der Waals surface area contributed by atoms with Crippen LogP contribution >= 0.6 is 35.5 Å². The molecule has 1 amide bonds. The van der Waals surface area contributed by atoms with E-state index >= 15 is 0 Å². The number of benzene rings is 2. The third-order valence-corrected chi connectivity index (χ3v) is 7.21. The summed E-state index contributed by atoms with van der Waals surface area (Å²) in [6.07, 6.45) is 0.940. The van der Waals surface area contributed by atoms with Crippen molar-refractivity contribution in [2.24, 2.45) is 0 Å². The average molecular weight is 518 g/mol. The van der Waals surface area contributed by atoms with Gasteiger partial charge in [0.15, 0.2) is 10.9 Å². The molecule has 0 radical (unpaired) electrons. The van der Waals surface area contributed by atoms with Gasteiger partial charge >= 0.3 is 0 Å². The van der Waals surface area contributed by atoms with Crippen molar-refractivity contribution in [3.8, 4) is 0 Å². The van der Waals surface area contributed by atoms with Crippen molar-refractivity contribution in [3.63, 3.8) is 0 Å². The van der Waals surface area contributed by atoms with E-state index in [0.29, 0.717) is 41.5 Å². The maximum absolute atomic E-state index is 14.1. The number of anilines is 1. The first kappa shape index (κ1) is 27.4. The van der Waals surface area contributed by atoms with Crippen LogP contribution < -0.4 is 4.90 Å². The highest BCUT2D eigenvalue weighted by Gasteiger charge is 2.21. The molecule has 1 heterocycles. The molecule has 10 heteroatoms. The Kier molecular flexibility index (Phi) is 11.0. The molecule has 1 aromatic heterocycles. The van der Waals surface area contributed by atoms with Crippen molar-refractivity contribution in [2.45, 2.75) is 31.6 Å². The summed E-state index contributed by atoms with van der Waals surface area (Å²) in [7, 11) is 0. The molecule has 0 aliphatic heterocycles. The third kappa shape index (κ3) is 7.60. The van der Waals surface area contributed by atoms with E-state index in [-0.39, 0.29) is 29.6 Å². The van der Waals surface area contributed by atoms with E-state index in [4.69, 9.17) is 0 Å². The van der Waals surface area contributed by atoms with E-state index in [0.717, 1.165) is 35.4 Å². The lowest BCUT2D eigenvalue weighted by Crippen LogP contribution is -2.38.